The van der Waals surface area contributed by atoms with Crippen molar-refractivity contribution in [3.8, 4) is 11.8 Å². The van der Waals surface area contributed by atoms with Crippen molar-refractivity contribution in [3.63, 3.8) is 0 Å². The molecule has 180 valence electrons. The average molecular weight is 501 g/mol. The first-order valence-corrected chi connectivity index (χ1v) is 11.7. The summed E-state index contributed by atoms with van der Waals surface area (Å²) in [6.07, 6.45) is 0. The normalized spacial score (nSPS) is 17.8. The molecule has 0 bridgehead atoms. The third-order valence-corrected chi connectivity index (χ3v) is 7.45. The third kappa shape index (κ3) is 3.17. The fourth-order valence-corrected chi connectivity index (χ4v) is 6.01. The summed E-state index contributed by atoms with van der Waals surface area (Å²) < 4.78 is 10.7. The summed E-state index contributed by atoms with van der Waals surface area (Å²) in [5.41, 5.74) is 6.08. The molecule has 3 N–H and O–H groups in total. The molecule has 3 heterocycles. The number of nitrogens with zero attached hydrogens (tertiary/aromatic N) is 2. The van der Waals surface area contributed by atoms with Crippen molar-refractivity contribution in [3.05, 3.63) is 86.9 Å². The van der Waals surface area contributed by atoms with Crippen molar-refractivity contribution >= 4 is 40.5 Å². The molecule has 0 unspecified atom stereocenters. The number of ether oxygens (including phenoxy) is 2. The Morgan fingerprint density at radius 2 is 1.89 bits per heavy atom. The Morgan fingerprint density at radius 3 is 2.58 bits per heavy atom. The number of fused-ring (bicyclic) bond motifs is 4. The topological polar surface area (TPSA) is 135 Å². The summed E-state index contributed by atoms with van der Waals surface area (Å²) in [6, 6.07) is 17.8. The van der Waals surface area contributed by atoms with E-state index < -0.39 is 23.2 Å². The lowest BCUT2D eigenvalue weighted by Gasteiger charge is -2.32. The minimum Gasteiger partial charge on any atom is -0.465 e. The van der Waals surface area contributed by atoms with Gasteiger partial charge in [0, 0.05) is 21.8 Å². The SMILES string of the molecule is COC(=O)c1c(C)sc2c1OC(N)=C(C#N)[C@]21C(=O)N(CC(=O)Nc2ccccc2)c2ccccc21. The number of hydrogen-bond donors (Lipinski definition) is 2. The molecule has 36 heavy (non-hydrogen) atoms. The Hall–Kier alpha value is -4.62. The molecule has 0 radical (unpaired) electrons. The Kier molecular flexibility index (Phi) is 5.50. The second-order valence-electron chi connectivity index (χ2n) is 8.21. The van der Waals surface area contributed by atoms with E-state index in [9.17, 15) is 19.6 Å². The van der Waals surface area contributed by atoms with Crippen molar-refractivity contribution in [2.24, 2.45) is 5.73 Å². The van der Waals surface area contributed by atoms with E-state index in [4.69, 9.17) is 15.2 Å². The quantitative estimate of drug-likeness (QED) is 0.525. The fourth-order valence-electron chi connectivity index (χ4n) is 4.74. The number of aryl methyl sites for hydroxylation is 1. The third-order valence-electron chi connectivity index (χ3n) is 6.24. The number of nitrogens with one attached hydrogen (secondary N) is 1. The predicted octanol–water partition coefficient (Wildman–Crippen LogP) is 3.20. The van der Waals surface area contributed by atoms with Crippen molar-refractivity contribution < 1.29 is 23.9 Å². The zero-order valence-electron chi connectivity index (χ0n) is 19.3. The van der Waals surface area contributed by atoms with Gasteiger partial charge >= 0.3 is 5.97 Å². The molecule has 1 atom stereocenters. The van der Waals surface area contributed by atoms with Crippen LogP contribution in [0, 0.1) is 18.3 Å². The van der Waals surface area contributed by atoms with Crippen LogP contribution in [0.3, 0.4) is 0 Å². The molecule has 2 amide bonds. The highest BCUT2D eigenvalue weighted by Crippen LogP contribution is 2.58. The number of carbonyl (C=O) groups excluding carboxylic acids is 3. The average Bonchev–Trinajstić information content (AvgIpc) is 3.32. The molecule has 2 aliphatic heterocycles. The van der Waals surface area contributed by atoms with E-state index in [0.717, 1.165) is 11.3 Å². The number of methoxy groups -OCH3 is 1. The van der Waals surface area contributed by atoms with Gasteiger partial charge in [0.1, 0.15) is 23.8 Å². The molecular weight excluding hydrogens is 480 g/mol. The second-order valence-corrected chi connectivity index (χ2v) is 9.43. The second kappa shape index (κ2) is 8.55. The Morgan fingerprint density at radius 1 is 1.19 bits per heavy atom. The number of benzene rings is 2. The van der Waals surface area contributed by atoms with Gasteiger partial charge in [-0.05, 0) is 25.1 Å². The highest BCUT2D eigenvalue weighted by Gasteiger charge is 2.61. The number of nitrogens with two attached hydrogens (primary N) is 1. The maximum absolute atomic E-state index is 14.3. The van der Waals surface area contributed by atoms with Gasteiger partial charge in [0.05, 0.1) is 12.0 Å². The van der Waals surface area contributed by atoms with Crippen LogP contribution in [0.5, 0.6) is 5.75 Å². The van der Waals surface area contributed by atoms with Crippen LogP contribution in [0.1, 0.15) is 25.7 Å². The van der Waals surface area contributed by atoms with Crippen LogP contribution in [0.2, 0.25) is 0 Å². The predicted molar refractivity (Wildman–Crippen MR) is 132 cm³/mol. The lowest BCUT2D eigenvalue weighted by Crippen LogP contribution is -2.47. The molecule has 1 aromatic heterocycles. The van der Waals surface area contributed by atoms with E-state index in [1.165, 1.54) is 12.0 Å². The van der Waals surface area contributed by atoms with E-state index >= 15 is 0 Å². The van der Waals surface area contributed by atoms with Gasteiger partial charge in [-0.3, -0.25) is 9.59 Å². The highest BCUT2D eigenvalue weighted by molar-refractivity contribution is 7.13. The van der Waals surface area contributed by atoms with E-state index in [1.807, 2.05) is 6.07 Å². The van der Waals surface area contributed by atoms with E-state index in [0.29, 0.717) is 26.7 Å². The van der Waals surface area contributed by atoms with Crippen molar-refractivity contribution in [1.82, 2.24) is 0 Å². The van der Waals surface area contributed by atoms with E-state index in [1.54, 1.807) is 55.5 Å². The van der Waals surface area contributed by atoms with Gasteiger partial charge in [-0.25, -0.2) is 4.79 Å². The van der Waals surface area contributed by atoms with Crippen LogP contribution in [0.4, 0.5) is 11.4 Å². The molecular formula is C26H20N4O5S. The Bertz CT molecular complexity index is 1500. The van der Waals surface area contributed by atoms with Gasteiger partial charge in [0.2, 0.25) is 17.7 Å². The first-order valence-electron chi connectivity index (χ1n) is 10.9. The van der Waals surface area contributed by atoms with Crippen LogP contribution >= 0.6 is 11.3 Å². The minimum absolute atomic E-state index is 0.0830. The van der Waals surface area contributed by atoms with Gasteiger partial charge in [-0.15, -0.1) is 11.3 Å². The van der Waals surface area contributed by atoms with Crippen molar-refractivity contribution in [1.29, 1.82) is 5.26 Å². The number of amides is 2. The molecule has 1 spiro atoms. The number of rotatable bonds is 4. The van der Waals surface area contributed by atoms with E-state index in [2.05, 4.69) is 11.4 Å². The number of thiophene rings is 1. The van der Waals surface area contributed by atoms with E-state index in [-0.39, 0.29) is 29.3 Å². The van der Waals surface area contributed by atoms with Gasteiger partial charge in [-0.2, -0.15) is 5.26 Å². The molecule has 2 aromatic carbocycles. The number of anilines is 2. The number of hydrogen-bond acceptors (Lipinski definition) is 8. The minimum atomic E-state index is -1.67. The van der Waals surface area contributed by atoms with Crippen molar-refractivity contribution in [2.45, 2.75) is 12.3 Å². The largest absolute Gasteiger partial charge is 0.465 e. The molecule has 2 aliphatic rings. The summed E-state index contributed by atoms with van der Waals surface area (Å²) in [6.45, 7) is 1.40. The van der Waals surface area contributed by atoms with Crippen LogP contribution in [0.25, 0.3) is 0 Å². The summed E-state index contributed by atoms with van der Waals surface area (Å²) in [4.78, 5) is 42.1. The van der Waals surface area contributed by atoms with Crippen LogP contribution in [0.15, 0.2) is 66.1 Å². The smallest absolute Gasteiger partial charge is 0.342 e. The van der Waals surface area contributed by atoms with Crippen molar-refractivity contribution in [2.75, 3.05) is 23.9 Å². The zero-order chi connectivity index (χ0) is 25.6. The lowest BCUT2D eigenvalue weighted by atomic mass is 9.72. The first kappa shape index (κ1) is 23.1. The van der Waals surface area contributed by atoms with Gasteiger partial charge in [0.15, 0.2) is 11.2 Å². The molecule has 3 aromatic rings. The molecule has 5 rings (SSSR count). The number of esters is 1. The highest BCUT2D eigenvalue weighted by atomic mass is 32.1. The molecule has 0 aliphatic carbocycles. The van der Waals surface area contributed by atoms with Gasteiger partial charge in [-0.1, -0.05) is 36.4 Å². The molecule has 0 fully saturated rings. The maximum Gasteiger partial charge on any atom is 0.342 e. The summed E-state index contributed by atoms with van der Waals surface area (Å²) in [7, 11) is 1.24. The number of carbonyl (C=O) groups is 3. The summed E-state index contributed by atoms with van der Waals surface area (Å²) >= 11 is 1.15. The fraction of sp³-hybridized carbons (Fsp3) is 0.154. The number of para-hydroxylation sites is 2. The summed E-state index contributed by atoms with van der Waals surface area (Å²) in [5.74, 6) is -1.80. The zero-order valence-corrected chi connectivity index (χ0v) is 20.1. The Balaban J connectivity index is 1.68. The Labute approximate surface area is 210 Å². The lowest BCUT2D eigenvalue weighted by molar-refractivity contribution is -0.123. The molecule has 10 heteroatoms. The molecule has 0 saturated heterocycles. The molecule has 0 saturated carbocycles. The monoisotopic (exact) mass is 500 g/mol. The standard InChI is InChI=1S/C26H20N4O5S/c1-14-20(24(32)34-2)21-22(36-14)26(17(12-27)23(28)35-21)16-10-6-7-11-18(16)30(25(26)33)13-19(31)29-15-8-4-3-5-9-15/h3-11H,13,28H2,1-2H3,(H,29,31)/t26-/m0/s1. The van der Waals surface area contributed by atoms with Crippen LogP contribution in [-0.2, 0) is 19.7 Å². The van der Waals surface area contributed by atoms with Crippen LogP contribution < -0.4 is 20.7 Å². The van der Waals surface area contributed by atoms with Crippen LogP contribution in [-0.4, -0.2) is 31.4 Å². The van der Waals surface area contributed by atoms with Gasteiger partial charge in [0.25, 0.3) is 0 Å². The maximum atomic E-state index is 14.3. The first-order chi connectivity index (χ1) is 17.3. The van der Waals surface area contributed by atoms with Gasteiger partial charge < -0.3 is 25.4 Å². The summed E-state index contributed by atoms with van der Waals surface area (Å²) in [5, 5.41) is 12.9. The molecule has 9 nitrogen and oxygen atoms in total. The number of nitriles is 1.